The highest BCUT2D eigenvalue weighted by Gasteiger charge is 2.37. The molecule has 1 aliphatic rings. The predicted molar refractivity (Wildman–Crippen MR) is 134 cm³/mol. The summed E-state index contributed by atoms with van der Waals surface area (Å²) in [6, 6.07) is 8.28. The van der Waals surface area contributed by atoms with Gasteiger partial charge in [-0.05, 0) is 72.9 Å². The molecule has 3 N–H and O–H groups in total. The van der Waals surface area contributed by atoms with Gasteiger partial charge in [0, 0.05) is 23.7 Å². The van der Waals surface area contributed by atoms with E-state index in [-0.39, 0.29) is 29.1 Å². The quantitative estimate of drug-likeness (QED) is 0.196. The second kappa shape index (κ2) is 11.4. The minimum absolute atomic E-state index is 0.0876. The SMILES string of the molecule is CC(C)(C)C1CCC(N(Cc2ccc(C(=O)N=C(N)N=N)cc2)C(=O)c2ccc(F)c(C(F)(F)F)c2)CC1. The van der Waals surface area contributed by atoms with Crippen LogP contribution in [-0.2, 0) is 12.7 Å². The summed E-state index contributed by atoms with van der Waals surface area (Å²) in [5, 5.41) is 2.88. The van der Waals surface area contributed by atoms with Crippen molar-refractivity contribution in [1.29, 1.82) is 5.53 Å². The highest BCUT2D eigenvalue weighted by Crippen LogP contribution is 2.40. The van der Waals surface area contributed by atoms with Crippen LogP contribution in [0.3, 0.4) is 0 Å². The summed E-state index contributed by atoms with van der Waals surface area (Å²) in [7, 11) is 0. The van der Waals surface area contributed by atoms with Crippen molar-refractivity contribution in [3.63, 3.8) is 0 Å². The summed E-state index contributed by atoms with van der Waals surface area (Å²) < 4.78 is 53.9. The number of alkyl halides is 3. The number of hydrogen-bond acceptors (Lipinski definition) is 3. The molecule has 1 saturated carbocycles. The summed E-state index contributed by atoms with van der Waals surface area (Å²) in [5.74, 6) is -2.78. The number of hydrogen-bond donors (Lipinski definition) is 2. The molecule has 0 unspecified atom stereocenters. The summed E-state index contributed by atoms with van der Waals surface area (Å²) >= 11 is 0. The minimum Gasteiger partial charge on any atom is -0.366 e. The lowest BCUT2D eigenvalue weighted by atomic mass is 9.71. The molecule has 2 amide bonds. The number of halogens is 4. The number of aliphatic imine (C=N–C) groups is 1. The smallest absolute Gasteiger partial charge is 0.366 e. The average molecular weight is 534 g/mol. The van der Waals surface area contributed by atoms with Crippen LogP contribution >= 0.6 is 0 Å². The van der Waals surface area contributed by atoms with Gasteiger partial charge in [-0.25, -0.2) is 9.92 Å². The number of amides is 2. The van der Waals surface area contributed by atoms with E-state index in [2.05, 4.69) is 30.9 Å². The molecule has 0 radical (unpaired) electrons. The van der Waals surface area contributed by atoms with Gasteiger partial charge in [0.2, 0.25) is 5.96 Å². The standard InChI is InChI=1S/C27H31F4N5O2/c1-26(2,3)19-9-11-20(12-10-19)36(24(38)18-8-13-22(28)21(14-18)27(29,30)31)15-16-4-6-17(7-5-16)23(37)34-25(32)35-33/h4-8,13-14,19-20,33H,9-12,15H2,1-3H3,(H2,32,34,37). The van der Waals surface area contributed by atoms with Crippen LogP contribution in [0.15, 0.2) is 52.6 Å². The zero-order chi connectivity index (χ0) is 28.3. The molecule has 0 spiro atoms. The predicted octanol–water partition coefficient (Wildman–Crippen LogP) is 6.58. The first-order valence-electron chi connectivity index (χ1n) is 12.2. The van der Waals surface area contributed by atoms with E-state index in [1.807, 2.05) is 0 Å². The fourth-order valence-electron chi connectivity index (χ4n) is 4.80. The van der Waals surface area contributed by atoms with Crippen LogP contribution < -0.4 is 5.73 Å². The van der Waals surface area contributed by atoms with E-state index in [4.69, 9.17) is 11.3 Å². The van der Waals surface area contributed by atoms with Crippen LogP contribution in [-0.4, -0.2) is 28.7 Å². The Morgan fingerprint density at radius 3 is 2.11 bits per heavy atom. The second-order valence-electron chi connectivity index (χ2n) is 10.6. The van der Waals surface area contributed by atoms with Crippen molar-refractivity contribution in [2.75, 3.05) is 0 Å². The first kappa shape index (κ1) is 28.9. The molecule has 2 aromatic rings. The number of nitrogens with one attached hydrogen (secondary N) is 1. The molecule has 0 aromatic heterocycles. The Labute approximate surface area is 218 Å². The summed E-state index contributed by atoms with van der Waals surface area (Å²) in [6.07, 6.45) is -1.84. The van der Waals surface area contributed by atoms with Gasteiger partial charge < -0.3 is 10.6 Å². The fourth-order valence-corrected chi connectivity index (χ4v) is 4.80. The van der Waals surface area contributed by atoms with Gasteiger partial charge in [0.05, 0.1) is 5.56 Å². The number of nitrogens with two attached hydrogens (primary N) is 1. The van der Waals surface area contributed by atoms with E-state index in [1.165, 1.54) is 17.0 Å². The van der Waals surface area contributed by atoms with Crippen LogP contribution in [0, 0.1) is 22.7 Å². The van der Waals surface area contributed by atoms with Crippen molar-refractivity contribution in [2.24, 2.45) is 27.2 Å². The molecule has 38 heavy (non-hydrogen) atoms. The second-order valence-corrected chi connectivity index (χ2v) is 10.6. The lowest BCUT2D eigenvalue weighted by Crippen LogP contribution is -2.43. The number of guanidine groups is 1. The first-order chi connectivity index (χ1) is 17.7. The van der Waals surface area contributed by atoms with Gasteiger partial charge in [0.15, 0.2) is 0 Å². The van der Waals surface area contributed by atoms with Gasteiger partial charge in [0.25, 0.3) is 11.8 Å². The molecule has 0 atom stereocenters. The maximum absolute atomic E-state index is 13.9. The lowest BCUT2D eigenvalue weighted by molar-refractivity contribution is -0.140. The highest BCUT2D eigenvalue weighted by molar-refractivity contribution is 6.02. The van der Waals surface area contributed by atoms with E-state index >= 15 is 0 Å². The molecule has 2 aromatic carbocycles. The van der Waals surface area contributed by atoms with Crippen LogP contribution in [0.4, 0.5) is 17.6 Å². The number of nitrogens with zero attached hydrogens (tertiary/aromatic N) is 3. The van der Waals surface area contributed by atoms with Crippen LogP contribution in [0.25, 0.3) is 0 Å². The van der Waals surface area contributed by atoms with Gasteiger partial charge in [-0.15, -0.1) is 5.11 Å². The molecule has 3 rings (SSSR count). The molecule has 0 bridgehead atoms. The van der Waals surface area contributed by atoms with Crippen LogP contribution in [0.2, 0.25) is 0 Å². The maximum atomic E-state index is 13.9. The van der Waals surface area contributed by atoms with Gasteiger partial charge in [-0.2, -0.15) is 18.2 Å². The van der Waals surface area contributed by atoms with Crippen molar-refractivity contribution in [3.05, 3.63) is 70.5 Å². The Balaban J connectivity index is 1.90. The van der Waals surface area contributed by atoms with Crippen molar-refractivity contribution in [3.8, 4) is 0 Å². The molecule has 204 valence electrons. The van der Waals surface area contributed by atoms with Gasteiger partial charge >= 0.3 is 6.18 Å². The Morgan fingerprint density at radius 2 is 1.58 bits per heavy atom. The molecule has 0 saturated heterocycles. The molecule has 1 fully saturated rings. The number of carbonyl (C=O) groups excluding carboxylic acids is 2. The van der Waals surface area contributed by atoms with Gasteiger partial charge in [-0.3, -0.25) is 9.59 Å². The number of carbonyl (C=O) groups is 2. The zero-order valence-electron chi connectivity index (χ0n) is 21.5. The molecular formula is C27H31F4N5O2. The van der Waals surface area contributed by atoms with Crippen LogP contribution in [0.1, 0.15) is 78.3 Å². The van der Waals surface area contributed by atoms with E-state index < -0.39 is 35.3 Å². The Hall–Kier alpha value is -3.63. The first-order valence-corrected chi connectivity index (χ1v) is 12.2. The molecule has 11 heteroatoms. The third-order valence-corrected chi connectivity index (χ3v) is 7.03. The number of rotatable bonds is 5. The third kappa shape index (κ3) is 7.02. The highest BCUT2D eigenvalue weighted by atomic mass is 19.4. The normalized spacial score (nSPS) is 18.7. The van der Waals surface area contributed by atoms with E-state index in [0.29, 0.717) is 36.5 Å². The van der Waals surface area contributed by atoms with Crippen molar-refractivity contribution in [2.45, 2.75) is 65.2 Å². The van der Waals surface area contributed by atoms with E-state index in [1.54, 1.807) is 12.1 Å². The average Bonchev–Trinajstić information content (AvgIpc) is 2.86. The topological polar surface area (TPSA) is 112 Å². The zero-order valence-corrected chi connectivity index (χ0v) is 21.5. The maximum Gasteiger partial charge on any atom is 0.419 e. The Morgan fingerprint density at radius 1 is 1.00 bits per heavy atom. The molecule has 0 aliphatic heterocycles. The monoisotopic (exact) mass is 533 g/mol. The molecule has 7 nitrogen and oxygen atoms in total. The lowest BCUT2D eigenvalue weighted by Gasteiger charge is -2.41. The van der Waals surface area contributed by atoms with Crippen LogP contribution in [0.5, 0.6) is 0 Å². The number of benzene rings is 2. The van der Waals surface area contributed by atoms with Gasteiger partial charge in [0.1, 0.15) is 5.82 Å². The molecule has 0 heterocycles. The largest absolute Gasteiger partial charge is 0.419 e. The van der Waals surface area contributed by atoms with Gasteiger partial charge in [-0.1, -0.05) is 32.9 Å². The van der Waals surface area contributed by atoms with Crippen molar-refractivity contribution in [1.82, 2.24) is 4.90 Å². The summed E-state index contributed by atoms with van der Waals surface area (Å²) in [4.78, 5) is 30.7. The third-order valence-electron chi connectivity index (χ3n) is 7.03. The summed E-state index contributed by atoms with van der Waals surface area (Å²) in [5.41, 5.74) is 11.3. The van der Waals surface area contributed by atoms with Crippen molar-refractivity contribution >= 4 is 17.8 Å². The molecular weight excluding hydrogens is 502 g/mol. The summed E-state index contributed by atoms with van der Waals surface area (Å²) in [6.45, 7) is 6.58. The molecule has 1 aliphatic carbocycles. The fraction of sp³-hybridized carbons (Fsp3) is 0.444. The minimum atomic E-state index is -4.93. The van der Waals surface area contributed by atoms with E-state index in [9.17, 15) is 27.2 Å². The Kier molecular flexibility index (Phi) is 8.68. The van der Waals surface area contributed by atoms with E-state index in [0.717, 1.165) is 18.9 Å². The van der Waals surface area contributed by atoms with Crippen molar-refractivity contribution < 1.29 is 27.2 Å². The Bertz CT molecular complexity index is 1210.